The van der Waals surface area contributed by atoms with E-state index in [0.717, 1.165) is 55.3 Å². The molecule has 0 saturated heterocycles. The van der Waals surface area contributed by atoms with Crippen LogP contribution in [0, 0.1) is 0 Å². The predicted octanol–water partition coefficient (Wildman–Crippen LogP) is 11.2. The molecule has 0 bridgehead atoms. The Labute approximate surface area is 293 Å². The Bertz CT molecular complexity index is 1700. The van der Waals surface area contributed by atoms with Gasteiger partial charge < -0.3 is 14.4 Å². The van der Waals surface area contributed by atoms with E-state index in [1.54, 1.807) is 14.2 Å². The lowest BCUT2D eigenvalue weighted by Gasteiger charge is -2.37. The van der Waals surface area contributed by atoms with Gasteiger partial charge in [-0.1, -0.05) is 76.1 Å². The van der Waals surface area contributed by atoms with Crippen LogP contribution in [0.2, 0.25) is 0 Å². The summed E-state index contributed by atoms with van der Waals surface area (Å²) in [5.74, 6) is 1.92. The number of benzene rings is 2. The number of anilines is 1. The minimum Gasteiger partial charge on any atom is -0.497 e. The summed E-state index contributed by atoms with van der Waals surface area (Å²) in [6.07, 6.45) is 26.3. The highest BCUT2D eigenvalue weighted by Crippen LogP contribution is 2.56. The number of hydrogen-bond acceptors (Lipinski definition) is 3. The van der Waals surface area contributed by atoms with Crippen LogP contribution < -0.4 is 14.4 Å². The lowest BCUT2D eigenvalue weighted by atomic mass is 9.67. The van der Waals surface area contributed by atoms with E-state index in [-0.39, 0.29) is 10.8 Å². The number of methoxy groups -OCH3 is 2. The minimum absolute atomic E-state index is 0.0553. The van der Waals surface area contributed by atoms with Crippen molar-refractivity contribution in [1.82, 2.24) is 0 Å². The van der Waals surface area contributed by atoms with Gasteiger partial charge in [-0.05, 0) is 98.1 Å². The molecule has 4 nitrogen and oxygen atoms in total. The van der Waals surface area contributed by atoms with Crippen molar-refractivity contribution in [3.8, 4) is 11.5 Å². The molecular formula is C43H54ClN2O2+. The lowest BCUT2D eigenvalue weighted by molar-refractivity contribution is -0.437. The van der Waals surface area contributed by atoms with Gasteiger partial charge in [0.05, 0.1) is 19.6 Å². The van der Waals surface area contributed by atoms with Crippen LogP contribution in [0.1, 0.15) is 115 Å². The number of allylic oxidation sites excluding steroid dienone is 8. The van der Waals surface area contributed by atoms with Gasteiger partial charge in [-0.25, -0.2) is 0 Å². The van der Waals surface area contributed by atoms with Gasteiger partial charge in [0.1, 0.15) is 18.0 Å². The fourth-order valence-corrected chi connectivity index (χ4v) is 10.0. The van der Waals surface area contributed by atoms with Gasteiger partial charge in [0, 0.05) is 52.5 Å². The van der Waals surface area contributed by atoms with Crippen molar-refractivity contribution in [3.05, 3.63) is 93.7 Å². The number of rotatable bonds is 9. The zero-order valence-corrected chi connectivity index (χ0v) is 30.4. The zero-order valence-electron chi connectivity index (χ0n) is 29.7. The van der Waals surface area contributed by atoms with Gasteiger partial charge in [0.15, 0.2) is 5.71 Å². The molecule has 48 heavy (non-hydrogen) atoms. The molecule has 254 valence electrons. The largest absolute Gasteiger partial charge is 0.497 e. The molecule has 0 unspecified atom stereocenters. The summed E-state index contributed by atoms with van der Waals surface area (Å²) >= 11 is 7.28. The zero-order chi connectivity index (χ0) is 33.3. The third-order valence-corrected chi connectivity index (χ3v) is 12.5. The summed E-state index contributed by atoms with van der Waals surface area (Å²) in [4.78, 5) is 2.60. The quantitative estimate of drug-likeness (QED) is 0.249. The summed E-state index contributed by atoms with van der Waals surface area (Å²) in [7, 11) is 3.57. The Balaban J connectivity index is 1.24. The van der Waals surface area contributed by atoms with Crippen molar-refractivity contribution in [2.75, 3.05) is 32.2 Å². The van der Waals surface area contributed by atoms with E-state index in [9.17, 15) is 0 Å². The van der Waals surface area contributed by atoms with E-state index in [1.807, 2.05) is 0 Å². The monoisotopic (exact) mass is 665 g/mol. The molecule has 5 heteroatoms. The van der Waals surface area contributed by atoms with Crippen LogP contribution >= 0.6 is 11.6 Å². The molecule has 0 radical (unpaired) electrons. The topological polar surface area (TPSA) is 24.7 Å². The number of nitrogens with zero attached hydrogens (tertiary/aromatic N) is 2. The maximum Gasteiger partial charge on any atom is 0.210 e. The van der Waals surface area contributed by atoms with Crippen LogP contribution in [0.15, 0.2) is 82.6 Å². The van der Waals surface area contributed by atoms with Gasteiger partial charge >= 0.3 is 0 Å². The first-order chi connectivity index (χ1) is 23.5. The summed E-state index contributed by atoms with van der Waals surface area (Å²) in [5, 5.41) is 0.942. The fourth-order valence-electron chi connectivity index (χ4n) is 9.73. The second-order valence-corrected chi connectivity index (χ2v) is 15.0. The van der Waals surface area contributed by atoms with Crippen LogP contribution in [0.3, 0.4) is 0 Å². The van der Waals surface area contributed by atoms with E-state index in [0.29, 0.717) is 0 Å². The van der Waals surface area contributed by atoms with Crippen LogP contribution in [-0.2, 0) is 10.8 Å². The van der Waals surface area contributed by atoms with Crippen molar-refractivity contribution < 1.29 is 14.0 Å². The van der Waals surface area contributed by atoms with Crippen LogP contribution in [-0.4, -0.2) is 37.6 Å². The maximum absolute atomic E-state index is 7.28. The van der Waals surface area contributed by atoms with Crippen LogP contribution in [0.25, 0.3) is 0 Å². The summed E-state index contributed by atoms with van der Waals surface area (Å²) in [6.45, 7) is 6.63. The Morgan fingerprint density at radius 3 is 2.10 bits per heavy atom. The molecule has 0 atom stereocenters. The Morgan fingerprint density at radius 1 is 0.771 bits per heavy atom. The second kappa shape index (κ2) is 13.9. The maximum atomic E-state index is 7.28. The predicted molar refractivity (Wildman–Crippen MR) is 201 cm³/mol. The van der Waals surface area contributed by atoms with Gasteiger partial charge in [-0.3, -0.25) is 0 Å². The Kier molecular flexibility index (Phi) is 9.66. The van der Waals surface area contributed by atoms with Gasteiger partial charge in [-0.2, -0.15) is 4.58 Å². The smallest absolute Gasteiger partial charge is 0.210 e. The molecule has 2 aliphatic heterocycles. The lowest BCUT2D eigenvalue weighted by Crippen LogP contribution is -2.36. The minimum atomic E-state index is 0.0553. The van der Waals surface area contributed by atoms with E-state index >= 15 is 0 Å². The van der Waals surface area contributed by atoms with Crippen molar-refractivity contribution in [1.29, 1.82) is 0 Å². The third-order valence-electron chi connectivity index (χ3n) is 12.0. The van der Waals surface area contributed by atoms with Gasteiger partial charge in [0.2, 0.25) is 5.69 Å². The molecule has 3 aliphatic carbocycles. The first-order valence-corrected chi connectivity index (χ1v) is 19.2. The molecule has 2 aromatic carbocycles. The number of hydrogen-bond donors (Lipinski definition) is 0. The average molecular weight is 666 g/mol. The molecule has 5 aliphatic rings. The van der Waals surface area contributed by atoms with E-state index in [4.69, 9.17) is 21.1 Å². The summed E-state index contributed by atoms with van der Waals surface area (Å²) in [6, 6.07) is 13.5. The summed E-state index contributed by atoms with van der Waals surface area (Å²) < 4.78 is 14.0. The third kappa shape index (κ3) is 5.56. The number of fused-ring (bicyclic) bond motifs is 4. The van der Waals surface area contributed by atoms with Gasteiger partial charge in [0.25, 0.3) is 0 Å². The number of ether oxygens (including phenoxy) is 2. The average Bonchev–Trinajstić information content (AvgIpc) is 3.68. The molecule has 7 rings (SSSR count). The van der Waals surface area contributed by atoms with Crippen LogP contribution in [0.5, 0.6) is 11.5 Å². The highest BCUT2D eigenvalue weighted by molar-refractivity contribution is 6.33. The highest BCUT2D eigenvalue weighted by atomic mass is 35.5. The Morgan fingerprint density at radius 2 is 1.44 bits per heavy atom. The molecule has 2 heterocycles. The first-order valence-electron chi connectivity index (χ1n) is 18.8. The molecule has 0 amide bonds. The van der Waals surface area contributed by atoms with E-state index < -0.39 is 0 Å². The van der Waals surface area contributed by atoms with Crippen LogP contribution in [0.4, 0.5) is 11.4 Å². The van der Waals surface area contributed by atoms with Crippen molar-refractivity contribution in [3.63, 3.8) is 0 Å². The van der Waals surface area contributed by atoms with E-state index in [1.165, 1.54) is 109 Å². The van der Waals surface area contributed by atoms with E-state index in [2.05, 4.69) is 84.0 Å². The molecular weight excluding hydrogens is 612 g/mol. The normalized spacial score (nSPS) is 23.0. The fraction of sp³-hybridized carbons (Fsp3) is 0.512. The first kappa shape index (κ1) is 33.3. The van der Waals surface area contributed by atoms with Crippen molar-refractivity contribution in [2.45, 2.75) is 115 Å². The molecule has 2 fully saturated rings. The van der Waals surface area contributed by atoms with Crippen molar-refractivity contribution in [2.24, 2.45) is 0 Å². The highest BCUT2D eigenvalue weighted by Gasteiger charge is 2.51. The number of halogens is 1. The molecule has 2 saturated carbocycles. The van der Waals surface area contributed by atoms with Crippen molar-refractivity contribution >= 4 is 28.7 Å². The molecule has 2 spiro atoms. The standard InChI is InChI=1S/C43H54ClN2O2/c1-5-27-45-37-19-17-33(47-3)29-35(37)42(23-9-7-10-24-42)39(45)21-15-31-13-14-32(41(31)44)16-22-40-43(25-11-8-12-26-43)36-30-34(48-4)18-20-38(36)46(40)28-6-2/h15-22,29-30H,5-14,23-28H2,1-4H3/q+1. The SMILES string of the molecule is CCCN1/C(=C/C=C2\CCC(/C=C/C3=[N+](CCC)c4ccc(OC)cc4C34CCCCC4)=C2Cl)C2(CCCCC2)c2cc(OC)ccc21. The molecule has 2 aromatic rings. The summed E-state index contributed by atoms with van der Waals surface area (Å²) in [5.41, 5.74) is 11.2. The second-order valence-electron chi connectivity index (χ2n) is 14.7. The molecule has 0 N–H and O–H groups in total. The Hall–Kier alpha value is -3.24. The van der Waals surface area contributed by atoms with Gasteiger partial charge in [-0.15, -0.1) is 0 Å². The molecule has 0 aromatic heterocycles.